The van der Waals surface area contributed by atoms with Gasteiger partial charge in [0.05, 0.1) is 5.60 Å². The van der Waals surface area contributed by atoms with Crippen molar-refractivity contribution in [2.45, 2.75) is 76.7 Å². The van der Waals surface area contributed by atoms with Crippen molar-refractivity contribution in [3.8, 4) is 0 Å². The van der Waals surface area contributed by atoms with Crippen LogP contribution in [0.15, 0.2) is 11.6 Å². The van der Waals surface area contributed by atoms with Gasteiger partial charge in [0, 0.05) is 19.7 Å². The first-order chi connectivity index (χ1) is 9.51. The summed E-state index contributed by atoms with van der Waals surface area (Å²) < 4.78 is 0. The summed E-state index contributed by atoms with van der Waals surface area (Å²) in [7, 11) is 3.53. The third kappa shape index (κ3) is 4.93. The lowest BCUT2D eigenvalue weighted by Crippen LogP contribution is -2.41. The topological polar surface area (TPSA) is 40.5 Å². The number of hydrogen-bond acceptors (Lipinski definition) is 2. The molecule has 0 aromatic carbocycles. The van der Waals surface area contributed by atoms with Gasteiger partial charge in [-0.05, 0) is 25.7 Å². The van der Waals surface area contributed by atoms with Crippen LogP contribution in [0.25, 0.3) is 0 Å². The number of carbonyl (C=O) groups is 1. The lowest BCUT2D eigenvalue weighted by atomic mass is 9.78. The molecule has 1 fully saturated rings. The number of amides is 1. The number of unbranched alkanes of at least 4 members (excludes halogenated alkanes) is 4. The first-order valence-corrected chi connectivity index (χ1v) is 8.16. The zero-order chi connectivity index (χ0) is 15.0. The second-order valence-corrected chi connectivity index (χ2v) is 6.26. The predicted molar refractivity (Wildman–Crippen MR) is 83.6 cm³/mol. The third-order valence-electron chi connectivity index (χ3n) is 4.22. The number of carbonyl (C=O) groups excluding carboxylic acids is 1. The first-order valence-electron chi connectivity index (χ1n) is 8.16. The van der Waals surface area contributed by atoms with Crippen LogP contribution in [-0.2, 0) is 4.79 Å². The minimum Gasteiger partial charge on any atom is -0.385 e. The number of aliphatic hydroxyl groups is 1. The highest BCUT2D eigenvalue weighted by Crippen LogP contribution is 2.35. The van der Waals surface area contributed by atoms with Crippen LogP contribution in [-0.4, -0.2) is 35.6 Å². The molecule has 0 saturated heterocycles. The van der Waals surface area contributed by atoms with Crippen LogP contribution in [0, 0.1) is 0 Å². The summed E-state index contributed by atoms with van der Waals surface area (Å²) in [5.74, 6) is -0.0232. The minimum atomic E-state index is -0.885. The van der Waals surface area contributed by atoms with Crippen molar-refractivity contribution >= 4 is 5.91 Å². The quantitative estimate of drug-likeness (QED) is 0.571. The summed E-state index contributed by atoms with van der Waals surface area (Å²) >= 11 is 0. The summed E-state index contributed by atoms with van der Waals surface area (Å²) in [4.78, 5) is 14.0. The van der Waals surface area contributed by atoms with Crippen molar-refractivity contribution in [1.29, 1.82) is 0 Å². The molecule has 20 heavy (non-hydrogen) atoms. The van der Waals surface area contributed by atoms with Crippen LogP contribution < -0.4 is 0 Å². The van der Waals surface area contributed by atoms with E-state index in [0.29, 0.717) is 5.57 Å². The fourth-order valence-corrected chi connectivity index (χ4v) is 2.94. The number of likely N-dealkylation sites (N-methyl/N-ethyl adjacent to an activating group) is 1. The maximum atomic E-state index is 12.4. The molecule has 0 aromatic rings. The molecule has 0 aromatic heterocycles. The predicted octanol–water partition coefficient (Wildman–Crippen LogP) is 3.67. The van der Waals surface area contributed by atoms with Crippen molar-refractivity contribution in [1.82, 2.24) is 4.90 Å². The van der Waals surface area contributed by atoms with Crippen molar-refractivity contribution in [3.63, 3.8) is 0 Å². The molecule has 0 aliphatic heterocycles. The van der Waals surface area contributed by atoms with Gasteiger partial charge in [-0.3, -0.25) is 4.79 Å². The standard InChI is InChI=1S/C17H31NO2/c1-4-5-6-7-9-12-15(16(19)18(2)3)17(20)13-10-8-11-14-17/h12,20H,4-11,13-14H2,1-3H3/b15-12+. The van der Waals surface area contributed by atoms with Gasteiger partial charge < -0.3 is 10.0 Å². The molecule has 0 atom stereocenters. The zero-order valence-electron chi connectivity index (χ0n) is 13.5. The van der Waals surface area contributed by atoms with Crippen LogP contribution in [0.3, 0.4) is 0 Å². The largest absolute Gasteiger partial charge is 0.385 e. The molecular formula is C17H31NO2. The van der Waals surface area contributed by atoms with Gasteiger partial charge in [0.15, 0.2) is 0 Å². The molecular weight excluding hydrogens is 250 g/mol. The molecule has 1 saturated carbocycles. The molecule has 1 rings (SSSR count). The number of hydrogen-bond donors (Lipinski definition) is 1. The summed E-state index contributed by atoms with van der Waals surface area (Å²) in [6.45, 7) is 2.20. The Balaban J connectivity index is 2.74. The number of rotatable bonds is 7. The van der Waals surface area contributed by atoms with Crippen LogP contribution in [0.5, 0.6) is 0 Å². The highest BCUT2D eigenvalue weighted by atomic mass is 16.3. The Morgan fingerprint density at radius 3 is 2.35 bits per heavy atom. The summed E-state index contributed by atoms with van der Waals surface area (Å²) in [6.07, 6.45) is 12.3. The Morgan fingerprint density at radius 2 is 1.80 bits per heavy atom. The van der Waals surface area contributed by atoms with Gasteiger partial charge in [-0.25, -0.2) is 0 Å². The Kier molecular flexibility index (Phi) is 7.28. The summed E-state index contributed by atoms with van der Waals surface area (Å²) in [5, 5.41) is 10.8. The molecule has 0 bridgehead atoms. The van der Waals surface area contributed by atoms with Gasteiger partial charge in [0.2, 0.25) is 0 Å². The maximum Gasteiger partial charge on any atom is 0.251 e. The first kappa shape index (κ1) is 17.2. The summed E-state index contributed by atoms with van der Waals surface area (Å²) in [6, 6.07) is 0. The molecule has 1 aliphatic carbocycles. The number of allylic oxidation sites excluding steroid dienone is 1. The SMILES string of the molecule is CCCCCC/C=C(\C(=O)N(C)C)C1(O)CCCCC1. The van der Waals surface area contributed by atoms with Crippen LogP contribution in [0.4, 0.5) is 0 Å². The molecule has 0 spiro atoms. The zero-order valence-corrected chi connectivity index (χ0v) is 13.5. The average molecular weight is 281 g/mol. The van der Waals surface area contributed by atoms with E-state index in [1.807, 2.05) is 6.08 Å². The van der Waals surface area contributed by atoms with E-state index in [-0.39, 0.29) is 5.91 Å². The van der Waals surface area contributed by atoms with Crippen molar-refractivity contribution in [2.24, 2.45) is 0 Å². The smallest absolute Gasteiger partial charge is 0.251 e. The second kappa shape index (κ2) is 8.46. The van der Waals surface area contributed by atoms with E-state index in [1.54, 1.807) is 19.0 Å². The maximum absolute atomic E-state index is 12.4. The highest BCUT2D eigenvalue weighted by molar-refractivity contribution is 5.95. The number of nitrogens with zero attached hydrogens (tertiary/aromatic N) is 1. The van der Waals surface area contributed by atoms with Gasteiger partial charge in [0.25, 0.3) is 5.91 Å². The lowest BCUT2D eigenvalue weighted by Gasteiger charge is -2.35. The van der Waals surface area contributed by atoms with Gasteiger partial charge >= 0.3 is 0 Å². The Morgan fingerprint density at radius 1 is 1.15 bits per heavy atom. The van der Waals surface area contributed by atoms with Crippen LogP contribution >= 0.6 is 0 Å². The van der Waals surface area contributed by atoms with Gasteiger partial charge in [-0.15, -0.1) is 0 Å². The molecule has 3 heteroatoms. The highest BCUT2D eigenvalue weighted by Gasteiger charge is 2.37. The molecule has 1 amide bonds. The van der Waals surface area contributed by atoms with Crippen molar-refractivity contribution in [2.75, 3.05) is 14.1 Å². The lowest BCUT2D eigenvalue weighted by molar-refractivity contribution is -0.127. The van der Waals surface area contributed by atoms with Gasteiger partial charge in [0.1, 0.15) is 0 Å². The van der Waals surface area contributed by atoms with Gasteiger partial charge in [-0.1, -0.05) is 51.5 Å². The van der Waals surface area contributed by atoms with E-state index >= 15 is 0 Å². The van der Waals surface area contributed by atoms with E-state index in [0.717, 1.165) is 38.5 Å². The van der Waals surface area contributed by atoms with Crippen molar-refractivity contribution in [3.05, 3.63) is 11.6 Å². The summed E-state index contributed by atoms with van der Waals surface area (Å²) in [5.41, 5.74) is -0.247. The normalized spacial score (nSPS) is 18.9. The van der Waals surface area contributed by atoms with Crippen LogP contribution in [0.1, 0.15) is 71.1 Å². The second-order valence-electron chi connectivity index (χ2n) is 6.26. The Bertz CT molecular complexity index is 328. The molecule has 3 nitrogen and oxygen atoms in total. The fraction of sp³-hybridized carbons (Fsp3) is 0.824. The van der Waals surface area contributed by atoms with Gasteiger partial charge in [-0.2, -0.15) is 0 Å². The average Bonchev–Trinajstić information content (AvgIpc) is 2.42. The van der Waals surface area contributed by atoms with Crippen LogP contribution in [0.2, 0.25) is 0 Å². The molecule has 116 valence electrons. The van der Waals surface area contributed by atoms with Crippen molar-refractivity contribution < 1.29 is 9.90 Å². The molecule has 1 N–H and O–H groups in total. The molecule has 0 heterocycles. The monoisotopic (exact) mass is 281 g/mol. The molecule has 1 aliphatic rings. The Hall–Kier alpha value is -0.830. The molecule has 0 radical (unpaired) electrons. The third-order valence-corrected chi connectivity index (χ3v) is 4.22. The molecule has 0 unspecified atom stereocenters. The van der Waals surface area contributed by atoms with E-state index in [2.05, 4.69) is 6.92 Å². The van der Waals surface area contributed by atoms with E-state index < -0.39 is 5.60 Å². The fourth-order valence-electron chi connectivity index (χ4n) is 2.94. The minimum absolute atomic E-state index is 0.0232. The van der Waals surface area contributed by atoms with E-state index in [1.165, 1.54) is 25.7 Å². The van der Waals surface area contributed by atoms with E-state index in [4.69, 9.17) is 0 Å². The van der Waals surface area contributed by atoms with E-state index in [9.17, 15) is 9.90 Å². The Labute approximate surface area is 124 Å².